The predicted molar refractivity (Wildman–Crippen MR) is 75.7 cm³/mol. The molecule has 1 atom stereocenters. The lowest BCUT2D eigenvalue weighted by molar-refractivity contribution is 0.248. The molecule has 1 rings (SSSR count). The van der Waals surface area contributed by atoms with Gasteiger partial charge in [0.15, 0.2) is 0 Å². The Hall–Kier alpha value is -0.960. The molecule has 0 spiro atoms. The molecule has 0 amide bonds. The first kappa shape index (κ1) is 14.1. The lowest BCUT2D eigenvalue weighted by atomic mass is 10.1. The quantitative estimate of drug-likeness (QED) is 0.411. The van der Waals surface area contributed by atoms with E-state index in [1.165, 1.54) is 0 Å². The summed E-state index contributed by atoms with van der Waals surface area (Å²) in [5.41, 5.74) is 3.71. The number of halogens is 1. The molecule has 0 fully saturated rings. The van der Waals surface area contributed by atoms with Gasteiger partial charge in [-0.1, -0.05) is 0 Å². The molecule has 7 heteroatoms. The minimum atomic E-state index is -0.918. The van der Waals surface area contributed by atoms with Crippen molar-refractivity contribution >= 4 is 32.0 Å². The maximum Gasteiger partial charge on any atom is 0.128 e. The molecule has 94 valence electrons. The van der Waals surface area contributed by atoms with E-state index in [1.54, 1.807) is 17.1 Å². The molecule has 17 heavy (non-hydrogen) atoms. The van der Waals surface area contributed by atoms with Crippen molar-refractivity contribution in [1.29, 1.82) is 5.41 Å². The minimum Gasteiger partial charge on any atom is -0.382 e. The van der Waals surface area contributed by atoms with Gasteiger partial charge < -0.3 is 10.5 Å². The molecule has 1 aromatic heterocycles. The maximum absolute atomic E-state index is 10.1. The monoisotopic (exact) mass is 349 g/mol. The number of aromatic nitrogens is 2. The van der Waals surface area contributed by atoms with E-state index >= 15 is 0 Å². The summed E-state index contributed by atoms with van der Waals surface area (Å²) in [4.78, 5) is 0. The lowest BCUT2D eigenvalue weighted by Gasteiger charge is -2.10. The van der Waals surface area contributed by atoms with Crippen LogP contribution in [-0.2, 0) is 6.54 Å². The third-order valence-electron chi connectivity index (χ3n) is 2.13. The van der Waals surface area contributed by atoms with Crippen LogP contribution >= 0.6 is 22.6 Å². The van der Waals surface area contributed by atoms with E-state index in [9.17, 15) is 5.11 Å². The highest BCUT2D eigenvalue weighted by Crippen LogP contribution is 2.16. The van der Waals surface area contributed by atoms with Crippen LogP contribution in [0.5, 0.6) is 0 Å². The molecule has 0 bridgehead atoms. The average molecular weight is 349 g/mol. The van der Waals surface area contributed by atoms with E-state index in [0.717, 1.165) is 6.54 Å². The number of nitrogens with one attached hydrogen (secondary N) is 2. The van der Waals surface area contributed by atoms with Crippen molar-refractivity contribution in [2.45, 2.75) is 26.5 Å². The van der Waals surface area contributed by atoms with Gasteiger partial charge in [-0.25, -0.2) is 0 Å². The number of hydrogen-bond acceptors (Lipinski definition) is 5. The molecule has 0 aliphatic carbocycles. The first-order valence-electron chi connectivity index (χ1n) is 5.35. The topological polar surface area (TPSA) is 86.3 Å². The highest BCUT2D eigenvalue weighted by Gasteiger charge is 2.19. The Morgan fingerprint density at radius 1 is 1.71 bits per heavy atom. The number of aliphatic hydroxyl groups excluding tert-OH is 1. The van der Waals surface area contributed by atoms with Crippen molar-refractivity contribution < 1.29 is 5.11 Å². The van der Waals surface area contributed by atoms with E-state index in [2.05, 4.69) is 15.6 Å². The van der Waals surface area contributed by atoms with Gasteiger partial charge in [0.1, 0.15) is 15.5 Å². The fourth-order valence-corrected chi connectivity index (χ4v) is 1.66. The van der Waals surface area contributed by atoms with Gasteiger partial charge >= 0.3 is 0 Å². The van der Waals surface area contributed by atoms with E-state index in [1.807, 2.05) is 36.4 Å². The van der Waals surface area contributed by atoms with E-state index < -0.39 is 6.10 Å². The van der Waals surface area contributed by atoms with Crippen molar-refractivity contribution in [1.82, 2.24) is 15.2 Å². The van der Waals surface area contributed by atoms with E-state index in [4.69, 9.17) is 5.41 Å². The van der Waals surface area contributed by atoms with Crippen LogP contribution in [0.15, 0.2) is 17.5 Å². The van der Waals surface area contributed by atoms with Crippen LogP contribution in [0.25, 0.3) is 0 Å². The van der Waals surface area contributed by atoms with Crippen LogP contribution < -0.4 is 5.43 Å². The molecule has 3 N–H and O–H groups in total. The Morgan fingerprint density at radius 2 is 2.41 bits per heavy atom. The van der Waals surface area contributed by atoms with Crippen molar-refractivity contribution in [3.63, 3.8) is 0 Å². The minimum absolute atomic E-state index is 0.209. The summed E-state index contributed by atoms with van der Waals surface area (Å²) in [5, 5.41) is 25.8. The molecular weight excluding hydrogens is 333 g/mol. The molecule has 0 radical (unpaired) electrons. The highest BCUT2D eigenvalue weighted by atomic mass is 127. The zero-order valence-corrected chi connectivity index (χ0v) is 12.0. The number of hydrazone groups is 1. The van der Waals surface area contributed by atoms with Crippen LogP contribution in [0, 0.1) is 5.41 Å². The second-order valence-corrected chi connectivity index (χ2v) is 4.43. The van der Waals surface area contributed by atoms with Crippen LogP contribution in [0.4, 0.5) is 0 Å². The molecule has 1 unspecified atom stereocenters. The molecule has 0 saturated heterocycles. The SMILES string of the molecule is CCN/N=C(\C(=N)I)C(O)c1cnn(CC)c1. The summed E-state index contributed by atoms with van der Waals surface area (Å²) in [6.45, 7) is 5.26. The third-order valence-corrected chi connectivity index (χ3v) is 2.69. The molecule has 1 heterocycles. The van der Waals surface area contributed by atoms with Gasteiger partial charge in [-0.05, 0) is 36.4 Å². The standard InChI is InChI=1S/C10H16IN5O/c1-3-13-15-8(10(11)12)9(17)7-5-14-16(4-2)6-7/h5-6,9,12-13,17H,3-4H2,1-2H3/b12-10?,15-8-. The van der Waals surface area contributed by atoms with Crippen molar-refractivity contribution in [2.75, 3.05) is 6.54 Å². The number of nitrogens with zero attached hydrogens (tertiary/aromatic N) is 3. The highest BCUT2D eigenvalue weighted by molar-refractivity contribution is 14.1. The number of aryl methyl sites for hydroxylation is 1. The number of hydrogen-bond donors (Lipinski definition) is 3. The van der Waals surface area contributed by atoms with Gasteiger partial charge in [-0.15, -0.1) is 0 Å². The molecule has 1 aromatic rings. The van der Waals surface area contributed by atoms with Gasteiger partial charge in [0.2, 0.25) is 0 Å². The Bertz CT molecular complexity index is 415. The van der Waals surface area contributed by atoms with Gasteiger partial charge in [0.25, 0.3) is 0 Å². The molecule has 0 aliphatic rings. The normalized spacial score (nSPS) is 13.5. The summed E-state index contributed by atoms with van der Waals surface area (Å²) in [6, 6.07) is 0. The lowest BCUT2D eigenvalue weighted by Crippen LogP contribution is -2.21. The van der Waals surface area contributed by atoms with E-state index in [0.29, 0.717) is 17.8 Å². The zero-order chi connectivity index (χ0) is 12.8. The summed E-state index contributed by atoms with van der Waals surface area (Å²) < 4.78 is 1.93. The Morgan fingerprint density at radius 3 is 2.88 bits per heavy atom. The number of rotatable bonds is 6. The molecule has 0 aromatic carbocycles. The first-order valence-corrected chi connectivity index (χ1v) is 6.43. The van der Waals surface area contributed by atoms with Gasteiger partial charge in [-0.3, -0.25) is 10.1 Å². The average Bonchev–Trinajstić information content (AvgIpc) is 2.77. The van der Waals surface area contributed by atoms with Gasteiger partial charge in [-0.2, -0.15) is 10.2 Å². The van der Waals surface area contributed by atoms with Crippen LogP contribution in [-0.4, -0.2) is 30.9 Å². The van der Waals surface area contributed by atoms with Crippen LogP contribution in [0.2, 0.25) is 0 Å². The van der Waals surface area contributed by atoms with Crippen molar-refractivity contribution in [3.05, 3.63) is 18.0 Å². The Kier molecular flexibility index (Phi) is 5.56. The van der Waals surface area contributed by atoms with Crippen LogP contribution in [0.1, 0.15) is 25.5 Å². The second-order valence-electron chi connectivity index (χ2n) is 3.35. The van der Waals surface area contributed by atoms with E-state index in [-0.39, 0.29) is 3.72 Å². The second kappa shape index (κ2) is 6.70. The van der Waals surface area contributed by atoms with Crippen LogP contribution in [0.3, 0.4) is 0 Å². The number of aliphatic hydroxyl groups is 1. The Labute approximate surface area is 114 Å². The van der Waals surface area contributed by atoms with Gasteiger partial charge in [0, 0.05) is 24.8 Å². The maximum atomic E-state index is 10.1. The van der Waals surface area contributed by atoms with Crippen molar-refractivity contribution in [3.8, 4) is 0 Å². The third kappa shape index (κ3) is 3.77. The summed E-state index contributed by atoms with van der Waals surface area (Å²) in [6.07, 6.45) is 2.43. The molecular formula is C10H16IN5O. The zero-order valence-electron chi connectivity index (χ0n) is 9.81. The smallest absolute Gasteiger partial charge is 0.128 e. The van der Waals surface area contributed by atoms with Crippen molar-refractivity contribution in [2.24, 2.45) is 5.10 Å². The molecule has 6 nitrogen and oxygen atoms in total. The summed E-state index contributed by atoms with van der Waals surface area (Å²) in [7, 11) is 0. The predicted octanol–water partition coefficient (Wildman–Crippen LogP) is 1.31. The summed E-state index contributed by atoms with van der Waals surface area (Å²) >= 11 is 1.83. The Balaban J connectivity index is 2.91. The summed E-state index contributed by atoms with van der Waals surface area (Å²) in [5.74, 6) is 0. The molecule has 0 aliphatic heterocycles. The fraction of sp³-hybridized carbons (Fsp3) is 0.500. The fourth-order valence-electron chi connectivity index (χ4n) is 1.25. The molecule has 0 saturated carbocycles. The first-order chi connectivity index (χ1) is 8.10. The van der Waals surface area contributed by atoms with Gasteiger partial charge in [0.05, 0.1) is 6.20 Å². The largest absolute Gasteiger partial charge is 0.382 e.